The molecular weight excluding hydrogens is 242 g/mol. The Morgan fingerprint density at radius 2 is 2.21 bits per heavy atom. The molecule has 0 saturated carbocycles. The zero-order valence-electron chi connectivity index (χ0n) is 11.8. The second-order valence-corrected chi connectivity index (χ2v) is 4.88. The smallest absolute Gasteiger partial charge is 0.289 e. The minimum absolute atomic E-state index is 0.0191. The van der Waals surface area contributed by atoms with E-state index in [0.29, 0.717) is 24.1 Å². The van der Waals surface area contributed by atoms with Gasteiger partial charge >= 0.3 is 0 Å². The van der Waals surface area contributed by atoms with E-state index in [9.17, 15) is 4.79 Å². The molecule has 1 amide bonds. The highest BCUT2D eigenvalue weighted by Crippen LogP contribution is 2.19. The summed E-state index contributed by atoms with van der Waals surface area (Å²) in [6.07, 6.45) is 1.04. The van der Waals surface area contributed by atoms with E-state index in [-0.39, 0.29) is 5.91 Å². The average Bonchev–Trinajstić information content (AvgIpc) is 3.08. The molecule has 2 N–H and O–H groups in total. The normalized spacial score (nSPS) is 19.4. The van der Waals surface area contributed by atoms with Gasteiger partial charge in [0.2, 0.25) is 0 Å². The molecule has 0 aromatic carbocycles. The summed E-state index contributed by atoms with van der Waals surface area (Å²) in [6.45, 7) is 8.30. The van der Waals surface area contributed by atoms with Gasteiger partial charge in [0.05, 0.1) is 6.54 Å². The van der Waals surface area contributed by atoms with Crippen molar-refractivity contribution in [2.45, 2.75) is 32.9 Å². The molecule has 5 nitrogen and oxygen atoms in total. The Morgan fingerprint density at radius 3 is 2.79 bits per heavy atom. The second kappa shape index (κ2) is 6.21. The van der Waals surface area contributed by atoms with E-state index in [2.05, 4.69) is 18.7 Å². The molecular formula is C14H23N3O2. The van der Waals surface area contributed by atoms with E-state index in [1.807, 2.05) is 4.90 Å². The van der Waals surface area contributed by atoms with Gasteiger partial charge in [-0.3, -0.25) is 9.69 Å². The predicted octanol–water partition coefficient (Wildman–Crippen LogP) is 1.29. The molecule has 1 atom stereocenters. The van der Waals surface area contributed by atoms with Crippen LogP contribution in [0.3, 0.4) is 0 Å². The number of likely N-dealkylation sites (N-methyl/N-ethyl adjacent to an activating group) is 1. The summed E-state index contributed by atoms with van der Waals surface area (Å²) in [5, 5.41) is 0. The first kappa shape index (κ1) is 14.1. The van der Waals surface area contributed by atoms with Crippen LogP contribution in [0.1, 0.15) is 36.6 Å². The van der Waals surface area contributed by atoms with Gasteiger partial charge in [0, 0.05) is 19.1 Å². The minimum atomic E-state index is -0.0191. The number of carbonyl (C=O) groups is 1. The molecule has 106 valence electrons. The maximum absolute atomic E-state index is 12.3. The fourth-order valence-corrected chi connectivity index (χ4v) is 2.72. The molecule has 19 heavy (non-hydrogen) atoms. The first-order chi connectivity index (χ1) is 9.19. The number of hydrogen-bond donors (Lipinski definition) is 1. The van der Waals surface area contributed by atoms with Gasteiger partial charge in [-0.15, -0.1) is 0 Å². The number of hydrogen-bond acceptors (Lipinski definition) is 4. The Balaban J connectivity index is 1.98. The fraction of sp³-hybridized carbons (Fsp3) is 0.643. The number of carbonyl (C=O) groups excluding carboxylic acids is 1. The maximum Gasteiger partial charge on any atom is 0.289 e. The topological polar surface area (TPSA) is 62.7 Å². The van der Waals surface area contributed by atoms with Crippen molar-refractivity contribution in [2.75, 3.05) is 26.2 Å². The molecule has 1 aromatic heterocycles. The fourth-order valence-electron chi connectivity index (χ4n) is 2.72. The number of rotatable bonds is 5. The summed E-state index contributed by atoms with van der Waals surface area (Å²) < 4.78 is 5.43. The number of nitrogens with two attached hydrogens (primary N) is 1. The number of nitrogens with zero attached hydrogens (tertiary/aromatic N) is 2. The Morgan fingerprint density at radius 1 is 1.47 bits per heavy atom. The van der Waals surface area contributed by atoms with Gasteiger partial charge in [-0.05, 0) is 31.6 Å². The first-order valence-electron chi connectivity index (χ1n) is 7.01. The van der Waals surface area contributed by atoms with Crippen LogP contribution in [0.15, 0.2) is 16.5 Å². The van der Waals surface area contributed by atoms with E-state index in [0.717, 1.165) is 32.6 Å². The van der Waals surface area contributed by atoms with Gasteiger partial charge in [-0.25, -0.2) is 0 Å². The van der Waals surface area contributed by atoms with Crippen LogP contribution in [-0.4, -0.2) is 47.9 Å². The predicted molar refractivity (Wildman–Crippen MR) is 73.8 cm³/mol. The lowest BCUT2D eigenvalue weighted by molar-refractivity contribution is 0.0744. The van der Waals surface area contributed by atoms with Crippen molar-refractivity contribution >= 4 is 5.91 Å². The van der Waals surface area contributed by atoms with Crippen molar-refractivity contribution < 1.29 is 9.21 Å². The van der Waals surface area contributed by atoms with Crippen LogP contribution in [0.25, 0.3) is 0 Å². The average molecular weight is 265 g/mol. The molecule has 2 heterocycles. The molecule has 1 aliphatic rings. The number of furan rings is 1. The molecule has 0 spiro atoms. The van der Waals surface area contributed by atoms with Crippen LogP contribution in [0, 0.1) is 0 Å². The molecule has 1 aromatic rings. The lowest BCUT2D eigenvalue weighted by Crippen LogP contribution is -2.38. The maximum atomic E-state index is 12.3. The summed E-state index contributed by atoms with van der Waals surface area (Å²) >= 11 is 0. The summed E-state index contributed by atoms with van der Waals surface area (Å²) in [4.78, 5) is 16.6. The molecule has 1 unspecified atom stereocenters. The van der Waals surface area contributed by atoms with E-state index in [1.54, 1.807) is 12.1 Å². The van der Waals surface area contributed by atoms with Gasteiger partial charge in [0.1, 0.15) is 5.76 Å². The lowest BCUT2D eigenvalue weighted by atomic mass is 10.2. The van der Waals surface area contributed by atoms with E-state index >= 15 is 0 Å². The van der Waals surface area contributed by atoms with Crippen molar-refractivity contribution in [1.82, 2.24) is 9.80 Å². The van der Waals surface area contributed by atoms with Gasteiger partial charge in [-0.2, -0.15) is 0 Å². The zero-order chi connectivity index (χ0) is 13.8. The molecule has 2 rings (SSSR count). The van der Waals surface area contributed by atoms with Crippen LogP contribution in [0.2, 0.25) is 0 Å². The Kier molecular flexibility index (Phi) is 4.61. The van der Waals surface area contributed by atoms with Crippen molar-refractivity contribution in [3.8, 4) is 0 Å². The zero-order valence-corrected chi connectivity index (χ0v) is 11.8. The Labute approximate surface area is 114 Å². The monoisotopic (exact) mass is 265 g/mol. The number of likely N-dealkylation sites (tertiary alicyclic amines) is 1. The molecule has 0 radical (unpaired) electrons. The number of amides is 1. The molecule has 1 fully saturated rings. The minimum Gasteiger partial charge on any atom is -0.455 e. The van der Waals surface area contributed by atoms with E-state index < -0.39 is 0 Å². The largest absolute Gasteiger partial charge is 0.455 e. The second-order valence-electron chi connectivity index (χ2n) is 4.88. The highest BCUT2D eigenvalue weighted by Gasteiger charge is 2.30. The Hall–Kier alpha value is -1.33. The molecule has 1 aliphatic heterocycles. The van der Waals surface area contributed by atoms with Gasteiger partial charge < -0.3 is 15.1 Å². The molecule has 0 bridgehead atoms. The third kappa shape index (κ3) is 2.98. The van der Waals surface area contributed by atoms with E-state index in [1.165, 1.54) is 0 Å². The quantitative estimate of drug-likeness (QED) is 0.871. The van der Waals surface area contributed by atoms with Crippen molar-refractivity contribution in [3.05, 3.63) is 23.7 Å². The van der Waals surface area contributed by atoms with Crippen LogP contribution in [0.4, 0.5) is 0 Å². The Bertz CT molecular complexity index is 426. The van der Waals surface area contributed by atoms with Crippen molar-refractivity contribution in [3.63, 3.8) is 0 Å². The molecule has 1 saturated heterocycles. The molecule has 5 heteroatoms. The lowest BCUT2D eigenvalue weighted by Gasteiger charge is -2.25. The summed E-state index contributed by atoms with van der Waals surface area (Å²) in [7, 11) is 0. The van der Waals surface area contributed by atoms with E-state index in [4.69, 9.17) is 10.2 Å². The standard InChI is InChI=1S/C14H23N3O2/c1-3-16(4-2)11-7-8-17(10-11)14(18)13-6-5-12(9-15)19-13/h5-6,11H,3-4,7-10,15H2,1-2H3. The third-order valence-corrected chi connectivity index (χ3v) is 3.85. The summed E-state index contributed by atoms with van der Waals surface area (Å²) in [5.74, 6) is 1.04. The first-order valence-corrected chi connectivity index (χ1v) is 7.01. The SMILES string of the molecule is CCN(CC)C1CCN(C(=O)c2ccc(CN)o2)C1. The summed E-state index contributed by atoms with van der Waals surface area (Å²) in [5.41, 5.74) is 5.49. The molecule has 0 aliphatic carbocycles. The van der Waals surface area contributed by atoms with Gasteiger partial charge in [-0.1, -0.05) is 13.8 Å². The van der Waals surface area contributed by atoms with Crippen molar-refractivity contribution in [1.29, 1.82) is 0 Å². The highest BCUT2D eigenvalue weighted by molar-refractivity contribution is 5.91. The van der Waals surface area contributed by atoms with Crippen LogP contribution < -0.4 is 5.73 Å². The van der Waals surface area contributed by atoms with Crippen LogP contribution in [0.5, 0.6) is 0 Å². The van der Waals surface area contributed by atoms with Crippen LogP contribution in [-0.2, 0) is 6.54 Å². The van der Waals surface area contributed by atoms with Crippen LogP contribution >= 0.6 is 0 Å². The summed E-state index contributed by atoms with van der Waals surface area (Å²) in [6, 6.07) is 3.96. The third-order valence-electron chi connectivity index (χ3n) is 3.85. The van der Waals surface area contributed by atoms with Gasteiger partial charge in [0.25, 0.3) is 5.91 Å². The highest BCUT2D eigenvalue weighted by atomic mass is 16.4. The van der Waals surface area contributed by atoms with Gasteiger partial charge in [0.15, 0.2) is 5.76 Å². The van der Waals surface area contributed by atoms with Crippen molar-refractivity contribution in [2.24, 2.45) is 5.73 Å².